The van der Waals surface area contributed by atoms with Crippen molar-refractivity contribution in [3.8, 4) is 0 Å². The number of thioether (sulfide) groups is 1. The first-order valence-electron chi connectivity index (χ1n) is 8.29. The molecule has 0 bridgehead atoms. The van der Waals surface area contributed by atoms with Crippen LogP contribution in [0.3, 0.4) is 0 Å². The molecule has 2 aromatic heterocycles. The average molecular weight is 390 g/mol. The van der Waals surface area contributed by atoms with Crippen LogP contribution in [0.25, 0.3) is 5.78 Å². The van der Waals surface area contributed by atoms with Gasteiger partial charge in [0.15, 0.2) is 5.16 Å². The van der Waals surface area contributed by atoms with Gasteiger partial charge in [-0.05, 0) is 49.9 Å². The Morgan fingerprint density at radius 2 is 2.00 bits per heavy atom. The van der Waals surface area contributed by atoms with Gasteiger partial charge in [-0.1, -0.05) is 23.4 Å². The van der Waals surface area contributed by atoms with Crippen LogP contribution in [0.2, 0.25) is 5.02 Å². The quantitative estimate of drug-likeness (QED) is 0.669. The van der Waals surface area contributed by atoms with E-state index in [-0.39, 0.29) is 17.2 Å². The third-order valence-corrected chi connectivity index (χ3v) is 5.48. The van der Waals surface area contributed by atoms with Crippen molar-refractivity contribution >= 4 is 40.7 Å². The highest BCUT2D eigenvalue weighted by molar-refractivity contribution is 7.99. The first-order chi connectivity index (χ1) is 12.6. The van der Waals surface area contributed by atoms with E-state index < -0.39 is 0 Å². The van der Waals surface area contributed by atoms with Gasteiger partial charge in [-0.3, -0.25) is 19.0 Å². The lowest BCUT2D eigenvalue weighted by Gasteiger charge is -2.16. The summed E-state index contributed by atoms with van der Waals surface area (Å²) in [5.74, 6) is 0.473. The monoisotopic (exact) mass is 389 g/mol. The van der Waals surface area contributed by atoms with E-state index in [0.29, 0.717) is 21.6 Å². The zero-order valence-corrected chi connectivity index (χ0v) is 15.4. The summed E-state index contributed by atoms with van der Waals surface area (Å²) in [6.45, 7) is 0. The zero-order valence-electron chi connectivity index (χ0n) is 13.8. The van der Waals surface area contributed by atoms with Gasteiger partial charge in [0, 0.05) is 22.0 Å². The number of hydrogen-bond donors (Lipinski definition) is 2. The minimum Gasteiger partial charge on any atom is -0.325 e. The van der Waals surface area contributed by atoms with Crippen molar-refractivity contribution in [2.75, 3.05) is 11.1 Å². The van der Waals surface area contributed by atoms with Crippen molar-refractivity contribution in [2.45, 2.75) is 30.8 Å². The van der Waals surface area contributed by atoms with E-state index in [1.807, 2.05) is 4.40 Å². The molecule has 2 N–H and O–H groups in total. The molecule has 1 amide bonds. The van der Waals surface area contributed by atoms with Crippen molar-refractivity contribution in [2.24, 2.45) is 0 Å². The van der Waals surface area contributed by atoms with Gasteiger partial charge in [-0.25, -0.2) is 0 Å². The molecule has 2 heterocycles. The normalized spacial score (nSPS) is 13.6. The first kappa shape index (κ1) is 17.1. The minimum atomic E-state index is -0.146. The number of anilines is 1. The maximum absolute atomic E-state index is 12.2. The van der Waals surface area contributed by atoms with E-state index >= 15 is 0 Å². The van der Waals surface area contributed by atoms with E-state index in [2.05, 4.69) is 20.5 Å². The highest BCUT2D eigenvalue weighted by atomic mass is 35.5. The second-order valence-electron chi connectivity index (χ2n) is 6.07. The van der Waals surface area contributed by atoms with E-state index in [0.717, 1.165) is 36.9 Å². The van der Waals surface area contributed by atoms with Gasteiger partial charge in [-0.2, -0.15) is 0 Å². The molecule has 7 nitrogen and oxygen atoms in total. The predicted octanol–water partition coefficient (Wildman–Crippen LogP) is 2.68. The smallest absolute Gasteiger partial charge is 0.255 e. The fourth-order valence-electron chi connectivity index (χ4n) is 3.11. The summed E-state index contributed by atoms with van der Waals surface area (Å²) < 4.78 is 1.87. The summed E-state index contributed by atoms with van der Waals surface area (Å²) in [7, 11) is 0. The lowest BCUT2D eigenvalue weighted by Crippen LogP contribution is -2.23. The molecule has 3 aromatic rings. The number of benzene rings is 1. The van der Waals surface area contributed by atoms with Crippen LogP contribution in [-0.4, -0.2) is 31.2 Å². The van der Waals surface area contributed by atoms with Crippen molar-refractivity contribution in [3.05, 3.63) is 50.9 Å². The standard InChI is InChI=1S/C17H16ClN5O2S/c18-10-5-7-11(8-6-10)19-14(24)9-26-17-22-21-16-20-15(25)12-3-1-2-4-13(12)23(16)17/h5-8H,1-4,9H2,(H,19,24)(H,20,21,25). The summed E-state index contributed by atoms with van der Waals surface area (Å²) in [6.07, 6.45) is 3.62. The van der Waals surface area contributed by atoms with Crippen LogP contribution in [0.5, 0.6) is 0 Å². The number of carbonyl (C=O) groups excluding carboxylic acids is 1. The Morgan fingerprint density at radius 3 is 2.81 bits per heavy atom. The highest BCUT2D eigenvalue weighted by Crippen LogP contribution is 2.24. The third kappa shape index (κ3) is 3.34. The van der Waals surface area contributed by atoms with Gasteiger partial charge in [-0.15, -0.1) is 10.2 Å². The first-order valence-corrected chi connectivity index (χ1v) is 9.65. The number of nitrogens with zero attached hydrogens (tertiary/aromatic N) is 3. The number of rotatable bonds is 4. The van der Waals surface area contributed by atoms with Gasteiger partial charge in [0.25, 0.3) is 5.56 Å². The minimum absolute atomic E-state index is 0.0865. The molecule has 26 heavy (non-hydrogen) atoms. The molecule has 4 rings (SSSR count). The molecular weight excluding hydrogens is 374 g/mol. The molecule has 0 atom stereocenters. The second kappa shape index (κ2) is 7.13. The molecule has 0 fully saturated rings. The molecular formula is C17H16ClN5O2S. The molecule has 0 saturated heterocycles. The Morgan fingerprint density at radius 1 is 1.23 bits per heavy atom. The Hall–Kier alpha value is -2.32. The molecule has 0 radical (unpaired) electrons. The van der Waals surface area contributed by atoms with E-state index in [9.17, 15) is 9.59 Å². The maximum Gasteiger partial charge on any atom is 0.255 e. The van der Waals surface area contributed by atoms with Crippen LogP contribution < -0.4 is 10.9 Å². The predicted molar refractivity (Wildman–Crippen MR) is 101 cm³/mol. The Bertz CT molecular complexity index is 1030. The number of halogens is 1. The number of aromatic nitrogens is 4. The van der Waals surface area contributed by atoms with Gasteiger partial charge in [0.05, 0.1) is 5.75 Å². The summed E-state index contributed by atoms with van der Waals surface area (Å²) in [5.41, 5.74) is 2.36. The summed E-state index contributed by atoms with van der Waals surface area (Å²) in [4.78, 5) is 27.1. The number of carbonyl (C=O) groups is 1. The Labute approximate surface area is 158 Å². The number of aryl methyl sites for hydroxylation is 1. The Kier molecular flexibility index (Phi) is 4.69. The molecule has 134 valence electrons. The SMILES string of the molecule is O=C(CSc1nnc2[nH]c(=O)c3c(n12)CCCC3)Nc1ccc(Cl)cc1. The van der Waals surface area contributed by atoms with Crippen molar-refractivity contribution in [1.82, 2.24) is 19.6 Å². The maximum atomic E-state index is 12.2. The van der Waals surface area contributed by atoms with Crippen molar-refractivity contribution in [3.63, 3.8) is 0 Å². The van der Waals surface area contributed by atoms with Crippen LogP contribution in [0.15, 0.2) is 34.2 Å². The lowest BCUT2D eigenvalue weighted by atomic mass is 9.97. The molecule has 0 unspecified atom stereocenters. The third-order valence-electron chi connectivity index (χ3n) is 4.30. The number of nitrogens with one attached hydrogen (secondary N) is 2. The van der Waals surface area contributed by atoms with Crippen molar-refractivity contribution < 1.29 is 4.79 Å². The average Bonchev–Trinajstić information content (AvgIpc) is 3.05. The van der Waals surface area contributed by atoms with Crippen LogP contribution in [0.4, 0.5) is 5.69 Å². The fraction of sp³-hybridized carbons (Fsp3) is 0.294. The summed E-state index contributed by atoms with van der Waals surface area (Å²) in [6, 6.07) is 6.94. The number of fused-ring (bicyclic) bond motifs is 3. The highest BCUT2D eigenvalue weighted by Gasteiger charge is 2.20. The van der Waals surface area contributed by atoms with Crippen LogP contribution >= 0.6 is 23.4 Å². The summed E-state index contributed by atoms with van der Waals surface area (Å²) >= 11 is 7.14. The van der Waals surface area contributed by atoms with Crippen molar-refractivity contribution in [1.29, 1.82) is 0 Å². The number of H-pyrrole nitrogens is 1. The van der Waals surface area contributed by atoms with E-state index in [4.69, 9.17) is 11.6 Å². The number of hydrogen-bond acceptors (Lipinski definition) is 5. The molecule has 9 heteroatoms. The fourth-order valence-corrected chi connectivity index (χ4v) is 3.99. The van der Waals surface area contributed by atoms with E-state index in [1.165, 1.54) is 11.8 Å². The molecule has 1 aliphatic rings. The molecule has 0 saturated carbocycles. The van der Waals surface area contributed by atoms with Crippen LogP contribution in [0, 0.1) is 0 Å². The molecule has 0 aliphatic heterocycles. The van der Waals surface area contributed by atoms with Crippen LogP contribution in [0.1, 0.15) is 24.1 Å². The second-order valence-corrected chi connectivity index (χ2v) is 7.45. The number of aromatic amines is 1. The summed E-state index contributed by atoms with van der Waals surface area (Å²) in [5, 5.41) is 12.2. The molecule has 1 aromatic carbocycles. The van der Waals surface area contributed by atoms with Gasteiger partial charge in [0.2, 0.25) is 11.7 Å². The topological polar surface area (TPSA) is 92.2 Å². The lowest BCUT2D eigenvalue weighted by molar-refractivity contribution is -0.113. The van der Waals surface area contributed by atoms with E-state index in [1.54, 1.807) is 24.3 Å². The van der Waals surface area contributed by atoms with Crippen LogP contribution in [-0.2, 0) is 17.6 Å². The van der Waals surface area contributed by atoms with Gasteiger partial charge in [0.1, 0.15) is 0 Å². The zero-order chi connectivity index (χ0) is 18.1. The van der Waals surface area contributed by atoms with Gasteiger partial charge >= 0.3 is 0 Å². The van der Waals surface area contributed by atoms with Gasteiger partial charge < -0.3 is 5.32 Å². The number of amides is 1. The Balaban J connectivity index is 1.53. The molecule has 0 spiro atoms. The largest absolute Gasteiger partial charge is 0.325 e. The molecule has 1 aliphatic carbocycles.